The predicted molar refractivity (Wildman–Crippen MR) is 63.8 cm³/mol. The minimum atomic E-state index is -0.792. The fourth-order valence-electron chi connectivity index (χ4n) is 2.20. The summed E-state index contributed by atoms with van der Waals surface area (Å²) in [7, 11) is 0. The molecule has 92 valence electrons. The lowest BCUT2D eigenvalue weighted by Gasteiger charge is -2.37. The highest BCUT2D eigenvalue weighted by atomic mass is 16.5. The Morgan fingerprint density at radius 2 is 2.18 bits per heavy atom. The minimum Gasteiger partial charge on any atom is -0.480 e. The van der Waals surface area contributed by atoms with Crippen molar-refractivity contribution in [2.24, 2.45) is 0 Å². The highest BCUT2D eigenvalue weighted by Gasteiger charge is 2.29. The Balaban J connectivity index is 2.15. The van der Waals surface area contributed by atoms with E-state index in [1.54, 1.807) is 0 Å². The summed E-state index contributed by atoms with van der Waals surface area (Å²) in [5, 5.41) is 8.93. The van der Waals surface area contributed by atoms with Crippen LogP contribution < -0.4 is 0 Å². The molecular formula is C13H17NO3. The average Bonchev–Trinajstić information content (AvgIpc) is 2.29. The van der Waals surface area contributed by atoms with Crippen LogP contribution in [0.25, 0.3) is 0 Å². The third-order valence-corrected chi connectivity index (χ3v) is 2.99. The van der Waals surface area contributed by atoms with Gasteiger partial charge in [-0.3, -0.25) is 9.69 Å². The lowest BCUT2D eigenvalue weighted by Crippen LogP contribution is -2.45. The van der Waals surface area contributed by atoms with Gasteiger partial charge in [0.25, 0.3) is 0 Å². The number of ether oxygens (including phenoxy) is 1. The summed E-state index contributed by atoms with van der Waals surface area (Å²) in [6.07, 6.45) is 0.0920. The summed E-state index contributed by atoms with van der Waals surface area (Å²) < 4.78 is 5.62. The van der Waals surface area contributed by atoms with Crippen LogP contribution in [0.1, 0.15) is 18.5 Å². The Labute approximate surface area is 101 Å². The molecule has 0 aromatic heterocycles. The Morgan fingerprint density at radius 3 is 2.82 bits per heavy atom. The molecule has 0 unspecified atom stereocenters. The molecule has 0 spiro atoms. The van der Waals surface area contributed by atoms with Crippen LogP contribution in [0.3, 0.4) is 0 Å². The molecule has 4 nitrogen and oxygen atoms in total. The van der Waals surface area contributed by atoms with Gasteiger partial charge in [0.2, 0.25) is 0 Å². The largest absolute Gasteiger partial charge is 0.480 e. The second-order valence-corrected chi connectivity index (χ2v) is 4.39. The molecule has 0 saturated carbocycles. The van der Waals surface area contributed by atoms with E-state index in [1.807, 2.05) is 42.2 Å². The maximum absolute atomic E-state index is 10.9. The van der Waals surface area contributed by atoms with Crippen LogP contribution in [0, 0.1) is 0 Å². The highest BCUT2D eigenvalue weighted by Crippen LogP contribution is 2.25. The SMILES string of the molecule is C[C@H]1CN(CC(=O)O)[C@H](c2ccccc2)CO1. The zero-order chi connectivity index (χ0) is 12.3. The molecule has 2 rings (SSSR count). The van der Waals surface area contributed by atoms with E-state index in [2.05, 4.69) is 0 Å². The molecule has 0 radical (unpaired) electrons. The van der Waals surface area contributed by atoms with E-state index < -0.39 is 5.97 Å². The number of nitrogens with zero attached hydrogens (tertiary/aromatic N) is 1. The molecule has 4 heteroatoms. The van der Waals surface area contributed by atoms with Crippen molar-refractivity contribution in [3.8, 4) is 0 Å². The van der Waals surface area contributed by atoms with Gasteiger partial charge in [-0.2, -0.15) is 0 Å². The van der Waals surface area contributed by atoms with Crippen LogP contribution >= 0.6 is 0 Å². The van der Waals surface area contributed by atoms with Crippen molar-refractivity contribution in [2.45, 2.75) is 19.1 Å². The van der Waals surface area contributed by atoms with Gasteiger partial charge in [0.05, 0.1) is 25.3 Å². The summed E-state index contributed by atoms with van der Waals surface area (Å²) in [5.74, 6) is -0.792. The number of morpholine rings is 1. The topological polar surface area (TPSA) is 49.8 Å². The molecule has 1 N–H and O–H groups in total. The molecule has 17 heavy (non-hydrogen) atoms. The molecule has 1 aliphatic rings. The highest BCUT2D eigenvalue weighted by molar-refractivity contribution is 5.69. The molecule has 1 heterocycles. The normalized spacial score (nSPS) is 25.7. The third kappa shape index (κ3) is 3.05. The Morgan fingerprint density at radius 1 is 1.47 bits per heavy atom. The number of carboxylic acid groups (broad SMARTS) is 1. The van der Waals surface area contributed by atoms with Gasteiger partial charge in [-0.05, 0) is 12.5 Å². The fraction of sp³-hybridized carbons (Fsp3) is 0.462. The van der Waals surface area contributed by atoms with Gasteiger partial charge in [-0.15, -0.1) is 0 Å². The van der Waals surface area contributed by atoms with Crippen molar-refractivity contribution < 1.29 is 14.6 Å². The minimum absolute atomic E-state index is 0.0449. The zero-order valence-electron chi connectivity index (χ0n) is 9.87. The van der Waals surface area contributed by atoms with Gasteiger partial charge in [0.1, 0.15) is 0 Å². The average molecular weight is 235 g/mol. The summed E-state index contributed by atoms with van der Waals surface area (Å²) in [6.45, 7) is 3.24. The Bertz CT molecular complexity index is 380. The quantitative estimate of drug-likeness (QED) is 0.863. The van der Waals surface area contributed by atoms with E-state index >= 15 is 0 Å². The first-order valence-electron chi connectivity index (χ1n) is 5.79. The smallest absolute Gasteiger partial charge is 0.317 e. The standard InChI is InChI=1S/C13H17NO3/c1-10-7-14(8-13(15)16)12(9-17-10)11-5-3-2-4-6-11/h2-6,10,12H,7-9H2,1H3,(H,15,16)/t10-,12-/m0/s1. The predicted octanol–water partition coefficient (Wildman–Crippen LogP) is 1.53. The molecule has 1 aromatic carbocycles. The van der Waals surface area contributed by atoms with Crippen LogP contribution in [0.2, 0.25) is 0 Å². The first-order chi connectivity index (χ1) is 8.16. The first-order valence-corrected chi connectivity index (χ1v) is 5.79. The molecule has 1 aliphatic heterocycles. The van der Waals surface area contributed by atoms with Gasteiger partial charge >= 0.3 is 5.97 Å². The van der Waals surface area contributed by atoms with Crippen molar-refractivity contribution in [1.82, 2.24) is 4.90 Å². The van der Waals surface area contributed by atoms with Crippen LogP contribution in [0.5, 0.6) is 0 Å². The third-order valence-electron chi connectivity index (χ3n) is 2.99. The van der Waals surface area contributed by atoms with E-state index in [1.165, 1.54) is 0 Å². The van der Waals surface area contributed by atoms with Crippen molar-refractivity contribution in [3.05, 3.63) is 35.9 Å². The fourth-order valence-corrected chi connectivity index (χ4v) is 2.20. The first kappa shape index (κ1) is 12.1. The maximum Gasteiger partial charge on any atom is 0.317 e. The van der Waals surface area contributed by atoms with E-state index in [4.69, 9.17) is 9.84 Å². The Kier molecular flexibility index (Phi) is 3.76. The molecule has 0 amide bonds. The van der Waals surface area contributed by atoms with Crippen LogP contribution in [0.4, 0.5) is 0 Å². The number of benzene rings is 1. The molecule has 0 bridgehead atoms. The van der Waals surface area contributed by atoms with Crippen LogP contribution in [0.15, 0.2) is 30.3 Å². The maximum atomic E-state index is 10.9. The Hall–Kier alpha value is -1.39. The van der Waals surface area contributed by atoms with E-state index in [0.29, 0.717) is 13.2 Å². The number of carboxylic acids is 1. The summed E-state index contributed by atoms with van der Waals surface area (Å²) in [4.78, 5) is 12.8. The van der Waals surface area contributed by atoms with Crippen molar-refractivity contribution in [3.63, 3.8) is 0 Å². The van der Waals surface area contributed by atoms with Crippen LogP contribution in [-0.4, -0.2) is 41.8 Å². The number of carbonyl (C=O) groups is 1. The molecule has 1 saturated heterocycles. The molecule has 2 atom stereocenters. The van der Waals surface area contributed by atoms with E-state index in [-0.39, 0.29) is 18.7 Å². The number of hydrogen-bond acceptors (Lipinski definition) is 3. The second-order valence-electron chi connectivity index (χ2n) is 4.39. The summed E-state index contributed by atoms with van der Waals surface area (Å²) in [5.41, 5.74) is 1.11. The molecule has 1 fully saturated rings. The van der Waals surface area contributed by atoms with Crippen molar-refractivity contribution in [2.75, 3.05) is 19.7 Å². The van der Waals surface area contributed by atoms with Crippen LogP contribution in [-0.2, 0) is 9.53 Å². The second kappa shape index (κ2) is 5.29. The number of hydrogen-bond donors (Lipinski definition) is 1. The van der Waals surface area contributed by atoms with Gasteiger partial charge < -0.3 is 9.84 Å². The molecule has 1 aromatic rings. The number of rotatable bonds is 3. The van der Waals surface area contributed by atoms with Gasteiger partial charge in [-0.1, -0.05) is 30.3 Å². The van der Waals surface area contributed by atoms with Gasteiger partial charge in [0.15, 0.2) is 0 Å². The van der Waals surface area contributed by atoms with Gasteiger partial charge in [-0.25, -0.2) is 0 Å². The summed E-state index contributed by atoms with van der Waals surface area (Å²) in [6, 6.07) is 9.96. The van der Waals surface area contributed by atoms with E-state index in [9.17, 15) is 4.79 Å². The van der Waals surface area contributed by atoms with Crippen molar-refractivity contribution in [1.29, 1.82) is 0 Å². The number of aliphatic carboxylic acids is 1. The van der Waals surface area contributed by atoms with Gasteiger partial charge in [0, 0.05) is 6.54 Å². The molecular weight excluding hydrogens is 218 g/mol. The zero-order valence-corrected chi connectivity index (χ0v) is 9.87. The molecule has 0 aliphatic carbocycles. The van der Waals surface area contributed by atoms with Crippen molar-refractivity contribution >= 4 is 5.97 Å². The lowest BCUT2D eigenvalue weighted by atomic mass is 10.0. The monoisotopic (exact) mass is 235 g/mol. The van der Waals surface area contributed by atoms with E-state index in [0.717, 1.165) is 5.56 Å². The summed E-state index contributed by atoms with van der Waals surface area (Å²) >= 11 is 0. The lowest BCUT2D eigenvalue weighted by molar-refractivity contribution is -0.142.